The molecular formula is C26H53O4. The van der Waals surface area contributed by atoms with E-state index in [1.54, 1.807) is 6.61 Å². The van der Waals surface area contributed by atoms with Crippen molar-refractivity contribution < 1.29 is 18.9 Å². The second kappa shape index (κ2) is 28.8. The van der Waals surface area contributed by atoms with E-state index < -0.39 is 0 Å². The molecule has 0 atom stereocenters. The molecule has 0 amide bonds. The topological polar surface area (TPSA) is 36.9 Å². The summed E-state index contributed by atoms with van der Waals surface area (Å²) in [7, 11) is 0. The average molecular weight is 430 g/mol. The largest absolute Gasteiger partial charge is 0.379 e. The van der Waals surface area contributed by atoms with Crippen molar-refractivity contribution in [1.82, 2.24) is 0 Å². The van der Waals surface area contributed by atoms with Crippen LogP contribution in [0.2, 0.25) is 0 Å². The first kappa shape index (κ1) is 29.8. The molecule has 0 aliphatic rings. The fourth-order valence-corrected chi connectivity index (χ4v) is 3.48. The van der Waals surface area contributed by atoms with Crippen LogP contribution in [0.4, 0.5) is 0 Å². The quantitative estimate of drug-likeness (QED) is 0.127. The summed E-state index contributed by atoms with van der Waals surface area (Å²) in [4.78, 5) is 0. The van der Waals surface area contributed by atoms with Gasteiger partial charge in [-0.1, -0.05) is 103 Å². The first-order valence-electron chi connectivity index (χ1n) is 13.1. The van der Waals surface area contributed by atoms with Gasteiger partial charge >= 0.3 is 0 Å². The van der Waals surface area contributed by atoms with Crippen molar-refractivity contribution in [3.05, 3.63) is 6.61 Å². The third-order valence-corrected chi connectivity index (χ3v) is 5.37. The predicted molar refractivity (Wildman–Crippen MR) is 128 cm³/mol. The molecule has 0 spiro atoms. The van der Waals surface area contributed by atoms with E-state index in [0.717, 1.165) is 19.6 Å². The highest BCUT2D eigenvalue weighted by molar-refractivity contribution is 4.51. The molecule has 0 N–H and O–H groups in total. The molecule has 4 nitrogen and oxygen atoms in total. The summed E-state index contributed by atoms with van der Waals surface area (Å²) in [5, 5.41) is 0. The Morgan fingerprint density at radius 2 is 0.867 bits per heavy atom. The molecule has 181 valence electrons. The number of ether oxygens (including phenoxy) is 4. The summed E-state index contributed by atoms with van der Waals surface area (Å²) < 4.78 is 21.5. The van der Waals surface area contributed by atoms with Crippen molar-refractivity contribution in [2.45, 2.75) is 117 Å². The van der Waals surface area contributed by atoms with Gasteiger partial charge in [0.15, 0.2) is 0 Å². The molecule has 0 aliphatic carbocycles. The van der Waals surface area contributed by atoms with Gasteiger partial charge in [-0.05, 0) is 13.3 Å². The maximum absolute atomic E-state index is 5.50. The van der Waals surface area contributed by atoms with Crippen molar-refractivity contribution >= 4 is 0 Å². The zero-order valence-corrected chi connectivity index (χ0v) is 20.5. The van der Waals surface area contributed by atoms with Crippen LogP contribution in [0.3, 0.4) is 0 Å². The predicted octanol–water partition coefficient (Wildman–Crippen LogP) is 7.50. The Hall–Kier alpha value is -0.160. The van der Waals surface area contributed by atoms with Crippen LogP contribution in [-0.2, 0) is 18.9 Å². The van der Waals surface area contributed by atoms with Gasteiger partial charge in [-0.3, -0.25) is 0 Å². The van der Waals surface area contributed by atoms with Gasteiger partial charge in [0.1, 0.15) is 6.61 Å². The highest BCUT2D eigenvalue weighted by Gasteiger charge is 1.96. The molecule has 0 saturated heterocycles. The van der Waals surface area contributed by atoms with Crippen molar-refractivity contribution in [3.63, 3.8) is 0 Å². The molecule has 0 aromatic rings. The zero-order valence-electron chi connectivity index (χ0n) is 20.5. The lowest BCUT2D eigenvalue weighted by Crippen LogP contribution is -2.10. The molecule has 0 aromatic carbocycles. The maximum Gasteiger partial charge on any atom is 0.109 e. The highest BCUT2D eigenvalue weighted by Crippen LogP contribution is 2.13. The Balaban J connectivity index is 2.97. The van der Waals surface area contributed by atoms with E-state index in [2.05, 4.69) is 6.92 Å². The van der Waals surface area contributed by atoms with Crippen molar-refractivity contribution in [3.8, 4) is 0 Å². The molecule has 4 heteroatoms. The van der Waals surface area contributed by atoms with E-state index >= 15 is 0 Å². The number of rotatable bonds is 27. The maximum atomic E-state index is 5.50. The minimum absolute atomic E-state index is 0.535. The van der Waals surface area contributed by atoms with Gasteiger partial charge in [0.2, 0.25) is 0 Å². The Morgan fingerprint density at radius 1 is 0.433 bits per heavy atom. The summed E-state index contributed by atoms with van der Waals surface area (Å²) in [6.45, 7) is 10.6. The second-order valence-corrected chi connectivity index (χ2v) is 8.22. The lowest BCUT2D eigenvalue weighted by Gasteiger charge is -2.06. The zero-order chi connectivity index (χ0) is 21.8. The Bertz CT molecular complexity index is 258. The summed E-state index contributed by atoms with van der Waals surface area (Å²) in [5.41, 5.74) is 0. The minimum Gasteiger partial charge on any atom is -0.379 e. The van der Waals surface area contributed by atoms with Crippen LogP contribution in [0.5, 0.6) is 0 Å². The normalized spacial score (nSPS) is 11.4. The van der Waals surface area contributed by atoms with Crippen LogP contribution in [-0.4, -0.2) is 46.2 Å². The lowest BCUT2D eigenvalue weighted by molar-refractivity contribution is 0.0119. The van der Waals surface area contributed by atoms with Crippen molar-refractivity contribution in [2.75, 3.05) is 46.2 Å². The third kappa shape index (κ3) is 27.8. The average Bonchev–Trinajstić information content (AvgIpc) is 2.76. The van der Waals surface area contributed by atoms with Gasteiger partial charge < -0.3 is 18.9 Å². The number of hydrogen-bond acceptors (Lipinski definition) is 4. The van der Waals surface area contributed by atoms with Gasteiger partial charge in [0.05, 0.1) is 33.0 Å². The van der Waals surface area contributed by atoms with Gasteiger partial charge in [-0.25, -0.2) is 0 Å². The van der Waals surface area contributed by atoms with Gasteiger partial charge in [-0.2, -0.15) is 0 Å². The van der Waals surface area contributed by atoms with Gasteiger partial charge in [0.25, 0.3) is 0 Å². The molecule has 1 radical (unpaired) electrons. The summed E-state index contributed by atoms with van der Waals surface area (Å²) in [6.07, 6.45) is 22.4. The van der Waals surface area contributed by atoms with Crippen LogP contribution in [0.15, 0.2) is 0 Å². The van der Waals surface area contributed by atoms with Crippen LogP contribution in [0.1, 0.15) is 117 Å². The molecule has 0 fully saturated rings. The van der Waals surface area contributed by atoms with Crippen LogP contribution in [0.25, 0.3) is 0 Å². The standard InChI is InChI=1S/C26H53O4/c1-3-5-6-7-8-9-10-11-12-13-14-15-16-17-18-19-20-28-23-24-30-26-25-29-22-21-27-4-2/h23H,3-22,24-26H2,1-2H3. The van der Waals surface area contributed by atoms with E-state index in [-0.39, 0.29) is 0 Å². The number of unbranched alkanes of at least 4 members (excludes halogenated alkanes) is 15. The highest BCUT2D eigenvalue weighted by atomic mass is 16.6. The van der Waals surface area contributed by atoms with E-state index in [0.29, 0.717) is 33.0 Å². The Kier molecular flexibility index (Phi) is 28.7. The Labute approximate surface area is 188 Å². The van der Waals surface area contributed by atoms with Gasteiger partial charge in [-0.15, -0.1) is 0 Å². The summed E-state index contributed by atoms with van der Waals surface area (Å²) in [5.74, 6) is 0. The van der Waals surface area contributed by atoms with E-state index in [4.69, 9.17) is 18.9 Å². The molecule has 0 rings (SSSR count). The molecule has 30 heavy (non-hydrogen) atoms. The van der Waals surface area contributed by atoms with Crippen LogP contribution in [0, 0.1) is 6.61 Å². The van der Waals surface area contributed by atoms with Crippen LogP contribution >= 0.6 is 0 Å². The monoisotopic (exact) mass is 429 g/mol. The minimum atomic E-state index is 0.535. The van der Waals surface area contributed by atoms with E-state index in [1.165, 1.54) is 96.3 Å². The number of hydrogen-bond donors (Lipinski definition) is 0. The van der Waals surface area contributed by atoms with Crippen molar-refractivity contribution in [2.24, 2.45) is 0 Å². The van der Waals surface area contributed by atoms with Crippen LogP contribution < -0.4 is 0 Å². The molecule has 0 unspecified atom stereocenters. The molecule has 0 aliphatic heterocycles. The fraction of sp³-hybridized carbons (Fsp3) is 0.962. The van der Waals surface area contributed by atoms with Gasteiger partial charge in [0, 0.05) is 13.2 Å². The molecular weight excluding hydrogens is 376 g/mol. The SMILES string of the molecule is CCCCCCCCCCCCCCCCCCO[CH]COCCOCCOCC. The van der Waals surface area contributed by atoms with E-state index in [1.807, 2.05) is 6.92 Å². The third-order valence-electron chi connectivity index (χ3n) is 5.37. The first-order chi connectivity index (χ1) is 14.9. The lowest BCUT2D eigenvalue weighted by atomic mass is 10.0. The smallest absolute Gasteiger partial charge is 0.109 e. The van der Waals surface area contributed by atoms with E-state index in [9.17, 15) is 0 Å². The molecule has 0 aromatic heterocycles. The summed E-state index contributed by atoms with van der Waals surface area (Å²) >= 11 is 0. The fourth-order valence-electron chi connectivity index (χ4n) is 3.48. The molecule has 0 bridgehead atoms. The molecule has 0 saturated carbocycles. The second-order valence-electron chi connectivity index (χ2n) is 8.22. The first-order valence-corrected chi connectivity index (χ1v) is 13.1. The Morgan fingerprint density at radius 3 is 1.37 bits per heavy atom. The summed E-state index contributed by atoms with van der Waals surface area (Å²) in [6, 6.07) is 0. The molecule has 0 heterocycles. The van der Waals surface area contributed by atoms with Crippen molar-refractivity contribution in [1.29, 1.82) is 0 Å².